The second-order valence-corrected chi connectivity index (χ2v) is 6.38. The average Bonchev–Trinajstić information content (AvgIpc) is 2.69. The summed E-state index contributed by atoms with van der Waals surface area (Å²) in [6, 6.07) is 5.24. The summed E-state index contributed by atoms with van der Waals surface area (Å²) < 4.78 is 11.9. The van der Waals surface area contributed by atoms with Gasteiger partial charge in [0.25, 0.3) is 5.91 Å². The van der Waals surface area contributed by atoms with Gasteiger partial charge in [-0.3, -0.25) is 4.79 Å². The highest BCUT2D eigenvalue weighted by molar-refractivity contribution is 14.1. The van der Waals surface area contributed by atoms with Crippen molar-refractivity contribution in [3.05, 3.63) is 32.4 Å². The maximum absolute atomic E-state index is 12.1. The van der Waals surface area contributed by atoms with Crippen LogP contribution in [-0.4, -0.2) is 30.9 Å². The topological polar surface area (TPSA) is 47.6 Å². The van der Waals surface area contributed by atoms with Crippen molar-refractivity contribution in [1.82, 2.24) is 5.32 Å². The van der Waals surface area contributed by atoms with Gasteiger partial charge in [0.15, 0.2) is 5.79 Å². The zero-order valence-corrected chi connectivity index (χ0v) is 13.6. The van der Waals surface area contributed by atoms with Gasteiger partial charge >= 0.3 is 0 Å². The Bertz CT molecular complexity index is 493. The first kappa shape index (κ1) is 15.0. The fourth-order valence-corrected chi connectivity index (χ4v) is 2.59. The molecule has 4 nitrogen and oxygen atoms in total. The number of rotatable bonds is 3. The number of hydrogen-bond acceptors (Lipinski definition) is 3. The van der Waals surface area contributed by atoms with E-state index >= 15 is 0 Å². The molecule has 2 rings (SSSR count). The summed E-state index contributed by atoms with van der Waals surface area (Å²) in [7, 11) is 0. The molecule has 1 unspecified atom stereocenters. The molecule has 0 spiro atoms. The molecule has 1 aliphatic heterocycles. The monoisotopic (exact) mass is 395 g/mol. The van der Waals surface area contributed by atoms with Crippen LogP contribution < -0.4 is 5.32 Å². The SMILES string of the molecule is CC1(C)OCC(CNC(=O)c2cc(Cl)ccc2I)O1. The standard InChI is InChI=1S/C13H15ClINO3/c1-13(2)18-7-9(19-13)6-16-12(17)10-5-8(14)3-4-11(10)15/h3-5,9H,6-7H2,1-2H3,(H,16,17). The Hall–Kier alpha value is -0.370. The van der Waals surface area contributed by atoms with Crippen LogP contribution in [0.1, 0.15) is 24.2 Å². The van der Waals surface area contributed by atoms with Gasteiger partial charge in [0.1, 0.15) is 6.10 Å². The summed E-state index contributed by atoms with van der Waals surface area (Å²) >= 11 is 8.01. The summed E-state index contributed by atoms with van der Waals surface area (Å²) in [5, 5.41) is 3.39. The molecule has 1 heterocycles. The lowest BCUT2D eigenvalue weighted by Crippen LogP contribution is -2.34. The van der Waals surface area contributed by atoms with E-state index in [2.05, 4.69) is 27.9 Å². The van der Waals surface area contributed by atoms with Crippen LogP contribution in [0.5, 0.6) is 0 Å². The van der Waals surface area contributed by atoms with E-state index in [1.807, 2.05) is 19.9 Å². The zero-order valence-electron chi connectivity index (χ0n) is 10.7. The highest BCUT2D eigenvalue weighted by atomic mass is 127. The van der Waals surface area contributed by atoms with Crippen molar-refractivity contribution in [3.8, 4) is 0 Å². The zero-order chi connectivity index (χ0) is 14.0. The molecule has 0 bridgehead atoms. The van der Waals surface area contributed by atoms with Gasteiger partial charge in [-0.1, -0.05) is 11.6 Å². The summed E-state index contributed by atoms with van der Waals surface area (Å²) in [6.07, 6.45) is -0.115. The molecule has 1 aromatic carbocycles. The minimum Gasteiger partial charge on any atom is -0.349 e. The largest absolute Gasteiger partial charge is 0.349 e. The van der Waals surface area contributed by atoms with E-state index in [9.17, 15) is 4.79 Å². The smallest absolute Gasteiger partial charge is 0.252 e. The molecule has 0 saturated carbocycles. The Kier molecular flexibility index (Phi) is 4.70. The molecule has 1 amide bonds. The van der Waals surface area contributed by atoms with Crippen molar-refractivity contribution < 1.29 is 14.3 Å². The number of ether oxygens (including phenoxy) is 2. The third kappa shape index (κ3) is 4.05. The quantitative estimate of drug-likeness (QED) is 0.801. The predicted octanol–water partition coefficient (Wildman–Crippen LogP) is 2.83. The Morgan fingerprint density at radius 3 is 2.95 bits per heavy atom. The third-order valence-electron chi connectivity index (χ3n) is 2.73. The van der Waals surface area contributed by atoms with Crippen LogP contribution in [0, 0.1) is 3.57 Å². The summed E-state index contributed by atoms with van der Waals surface area (Å²) in [4.78, 5) is 12.1. The minimum absolute atomic E-state index is 0.115. The maximum Gasteiger partial charge on any atom is 0.252 e. The van der Waals surface area contributed by atoms with E-state index in [0.717, 1.165) is 3.57 Å². The minimum atomic E-state index is -0.570. The molecule has 0 aromatic heterocycles. The number of carbonyl (C=O) groups is 1. The van der Waals surface area contributed by atoms with E-state index in [1.165, 1.54) is 0 Å². The van der Waals surface area contributed by atoms with Crippen molar-refractivity contribution in [2.45, 2.75) is 25.7 Å². The van der Waals surface area contributed by atoms with E-state index in [0.29, 0.717) is 23.7 Å². The molecule has 1 aliphatic rings. The van der Waals surface area contributed by atoms with Crippen LogP contribution in [0.2, 0.25) is 5.02 Å². The second-order valence-electron chi connectivity index (χ2n) is 4.78. The Labute approximate surface area is 130 Å². The molecular weight excluding hydrogens is 381 g/mol. The Morgan fingerprint density at radius 1 is 1.58 bits per heavy atom. The number of hydrogen-bond donors (Lipinski definition) is 1. The van der Waals surface area contributed by atoms with Gasteiger partial charge in [0.2, 0.25) is 0 Å². The van der Waals surface area contributed by atoms with Crippen molar-refractivity contribution in [3.63, 3.8) is 0 Å². The van der Waals surface area contributed by atoms with Crippen molar-refractivity contribution in [2.75, 3.05) is 13.2 Å². The van der Waals surface area contributed by atoms with Gasteiger partial charge in [-0.2, -0.15) is 0 Å². The first-order chi connectivity index (χ1) is 8.87. The van der Waals surface area contributed by atoms with Crippen LogP contribution in [0.3, 0.4) is 0 Å². The molecule has 6 heteroatoms. The van der Waals surface area contributed by atoms with Crippen LogP contribution in [-0.2, 0) is 9.47 Å². The Morgan fingerprint density at radius 2 is 2.32 bits per heavy atom. The number of nitrogens with one attached hydrogen (secondary N) is 1. The molecule has 1 N–H and O–H groups in total. The van der Waals surface area contributed by atoms with Gasteiger partial charge in [-0.25, -0.2) is 0 Å². The summed E-state index contributed by atoms with van der Waals surface area (Å²) in [5.74, 6) is -0.722. The average molecular weight is 396 g/mol. The van der Waals surface area contributed by atoms with Crippen LogP contribution in [0.25, 0.3) is 0 Å². The lowest BCUT2D eigenvalue weighted by Gasteiger charge is -2.17. The number of halogens is 2. The summed E-state index contributed by atoms with van der Waals surface area (Å²) in [6.45, 7) is 4.62. The Balaban J connectivity index is 1.93. The van der Waals surface area contributed by atoms with Gasteiger partial charge in [0.05, 0.1) is 12.2 Å². The van der Waals surface area contributed by atoms with Crippen LogP contribution in [0.4, 0.5) is 0 Å². The fourth-order valence-electron chi connectivity index (χ4n) is 1.84. The molecule has 104 valence electrons. The lowest BCUT2D eigenvalue weighted by molar-refractivity contribution is -0.137. The third-order valence-corrected chi connectivity index (χ3v) is 3.91. The number of amides is 1. The highest BCUT2D eigenvalue weighted by Crippen LogP contribution is 2.22. The molecular formula is C13H15ClINO3. The van der Waals surface area contributed by atoms with E-state index in [-0.39, 0.29) is 12.0 Å². The first-order valence-electron chi connectivity index (χ1n) is 5.92. The molecule has 1 aromatic rings. The fraction of sp³-hybridized carbons (Fsp3) is 0.462. The van der Waals surface area contributed by atoms with Crippen molar-refractivity contribution in [1.29, 1.82) is 0 Å². The predicted molar refractivity (Wildman–Crippen MR) is 81.4 cm³/mol. The van der Waals surface area contributed by atoms with Crippen LogP contribution >= 0.6 is 34.2 Å². The van der Waals surface area contributed by atoms with E-state index in [4.69, 9.17) is 21.1 Å². The second kappa shape index (κ2) is 5.95. The molecule has 19 heavy (non-hydrogen) atoms. The molecule has 1 saturated heterocycles. The number of benzene rings is 1. The summed E-state index contributed by atoms with van der Waals surface area (Å²) in [5.41, 5.74) is 0.575. The normalized spacial score (nSPS) is 21.4. The van der Waals surface area contributed by atoms with Crippen molar-refractivity contribution in [2.24, 2.45) is 0 Å². The van der Waals surface area contributed by atoms with Crippen LogP contribution in [0.15, 0.2) is 18.2 Å². The van der Waals surface area contributed by atoms with E-state index in [1.54, 1.807) is 12.1 Å². The molecule has 1 fully saturated rings. The lowest BCUT2D eigenvalue weighted by atomic mass is 10.2. The molecule has 0 radical (unpaired) electrons. The molecule has 1 atom stereocenters. The maximum atomic E-state index is 12.1. The van der Waals surface area contributed by atoms with Crippen molar-refractivity contribution >= 4 is 40.1 Å². The van der Waals surface area contributed by atoms with E-state index < -0.39 is 5.79 Å². The molecule has 0 aliphatic carbocycles. The highest BCUT2D eigenvalue weighted by Gasteiger charge is 2.32. The number of carbonyl (C=O) groups excluding carboxylic acids is 1. The van der Waals surface area contributed by atoms with Gasteiger partial charge < -0.3 is 14.8 Å². The first-order valence-corrected chi connectivity index (χ1v) is 7.38. The van der Waals surface area contributed by atoms with Gasteiger partial charge in [0, 0.05) is 15.1 Å². The van der Waals surface area contributed by atoms with Gasteiger partial charge in [-0.15, -0.1) is 0 Å². The van der Waals surface area contributed by atoms with Gasteiger partial charge in [-0.05, 0) is 54.6 Å².